The number of nitrogens with two attached hydrogens (primary N) is 1. The smallest absolute Gasteiger partial charge is 0.258 e. The van der Waals surface area contributed by atoms with E-state index in [4.69, 9.17) is 33.7 Å². The fourth-order valence-corrected chi connectivity index (χ4v) is 3.77. The minimum Gasteiger partial charge on any atom is -0.440 e. The quantitative estimate of drug-likeness (QED) is 0.791. The van der Waals surface area contributed by atoms with Gasteiger partial charge in [0.15, 0.2) is 0 Å². The van der Waals surface area contributed by atoms with E-state index in [-0.39, 0.29) is 22.0 Å². The van der Waals surface area contributed by atoms with Crippen LogP contribution in [-0.2, 0) is 6.54 Å². The van der Waals surface area contributed by atoms with Gasteiger partial charge in [0.25, 0.3) is 5.56 Å². The van der Waals surface area contributed by atoms with Crippen molar-refractivity contribution in [2.24, 2.45) is 5.73 Å². The zero-order valence-electron chi connectivity index (χ0n) is 15.8. The monoisotopic (exact) mass is 419 g/mol. The Labute approximate surface area is 173 Å². The highest BCUT2D eigenvalue weighted by Gasteiger charge is 2.35. The molecule has 3 rings (SSSR count). The molecular weight excluding hydrogens is 399 g/mol. The topological polar surface area (TPSA) is 85.5 Å². The van der Waals surface area contributed by atoms with Gasteiger partial charge >= 0.3 is 0 Å². The van der Waals surface area contributed by atoms with Crippen LogP contribution in [0.4, 0.5) is 0 Å². The lowest BCUT2D eigenvalue weighted by atomic mass is 9.84. The van der Waals surface area contributed by atoms with E-state index in [1.165, 1.54) is 4.90 Å². The molecule has 0 radical (unpaired) electrons. The van der Waals surface area contributed by atoms with Crippen molar-refractivity contribution in [3.8, 4) is 11.8 Å². The summed E-state index contributed by atoms with van der Waals surface area (Å²) in [6, 6.07) is 8.97. The molecule has 146 valence electrons. The van der Waals surface area contributed by atoms with Crippen molar-refractivity contribution in [2.75, 3.05) is 20.6 Å². The molecule has 1 aliphatic heterocycles. The number of nitriles is 1. The Balaban J connectivity index is 2.29. The van der Waals surface area contributed by atoms with Crippen LogP contribution >= 0.6 is 23.2 Å². The largest absolute Gasteiger partial charge is 0.440 e. The standard InChI is InChI=1S/C20H20Cl2N4O2/c1-11-9-15-17(20(27)26(11)8-7-25(2)3)16(13(10-23)19(24)28-15)12-5-4-6-14(21)18(12)22/h4-6,9,16H,7-8,24H2,1-3H3/p+1/t16-/m0/s1. The van der Waals surface area contributed by atoms with Gasteiger partial charge < -0.3 is 19.9 Å². The highest BCUT2D eigenvalue weighted by molar-refractivity contribution is 6.42. The fraction of sp³-hybridized carbons (Fsp3) is 0.300. The third kappa shape index (κ3) is 3.49. The van der Waals surface area contributed by atoms with Gasteiger partial charge in [-0.25, -0.2) is 0 Å². The van der Waals surface area contributed by atoms with Crippen LogP contribution in [-0.4, -0.2) is 25.2 Å². The van der Waals surface area contributed by atoms with E-state index in [9.17, 15) is 10.1 Å². The van der Waals surface area contributed by atoms with Crippen LogP contribution in [0.2, 0.25) is 10.0 Å². The molecule has 0 saturated heterocycles. The van der Waals surface area contributed by atoms with E-state index in [2.05, 4.69) is 6.07 Å². The maximum atomic E-state index is 13.4. The molecule has 0 spiro atoms. The van der Waals surface area contributed by atoms with Crippen LogP contribution in [0.5, 0.6) is 5.75 Å². The number of benzene rings is 1. The van der Waals surface area contributed by atoms with Crippen molar-refractivity contribution in [3.05, 3.63) is 72.9 Å². The first-order valence-electron chi connectivity index (χ1n) is 8.81. The summed E-state index contributed by atoms with van der Waals surface area (Å²) in [5, 5.41) is 10.3. The van der Waals surface area contributed by atoms with Crippen molar-refractivity contribution >= 4 is 23.2 Å². The summed E-state index contributed by atoms with van der Waals surface area (Å²) < 4.78 is 7.33. The van der Waals surface area contributed by atoms with E-state index < -0.39 is 5.92 Å². The Kier molecular flexibility index (Phi) is 5.71. The van der Waals surface area contributed by atoms with E-state index in [0.29, 0.717) is 28.4 Å². The predicted octanol–water partition coefficient (Wildman–Crippen LogP) is 1.83. The molecule has 6 nitrogen and oxygen atoms in total. The Morgan fingerprint density at radius 3 is 2.71 bits per heavy atom. The number of hydrogen-bond donors (Lipinski definition) is 2. The first-order valence-corrected chi connectivity index (χ1v) is 9.56. The summed E-state index contributed by atoms with van der Waals surface area (Å²) in [6.07, 6.45) is 0. The number of halogens is 2. The summed E-state index contributed by atoms with van der Waals surface area (Å²) in [5.41, 5.74) is 7.57. The van der Waals surface area contributed by atoms with E-state index in [1.807, 2.05) is 21.0 Å². The van der Waals surface area contributed by atoms with Gasteiger partial charge in [0.2, 0.25) is 5.88 Å². The second kappa shape index (κ2) is 7.88. The first-order chi connectivity index (χ1) is 13.3. The van der Waals surface area contributed by atoms with Crippen LogP contribution in [0.3, 0.4) is 0 Å². The number of quaternary nitrogens is 1. The van der Waals surface area contributed by atoms with Crippen LogP contribution in [0.15, 0.2) is 40.5 Å². The normalized spacial score (nSPS) is 16.0. The van der Waals surface area contributed by atoms with Crippen molar-refractivity contribution in [3.63, 3.8) is 0 Å². The maximum Gasteiger partial charge on any atom is 0.258 e. The molecule has 1 aromatic carbocycles. The van der Waals surface area contributed by atoms with Gasteiger partial charge in [-0.15, -0.1) is 0 Å². The number of hydrogen-bond acceptors (Lipinski definition) is 4. The van der Waals surface area contributed by atoms with Gasteiger partial charge in [-0.2, -0.15) is 5.26 Å². The molecular formula is C20H21Cl2N4O2+. The summed E-state index contributed by atoms with van der Waals surface area (Å²) in [7, 11) is 4.04. The van der Waals surface area contributed by atoms with Crippen LogP contribution < -0.4 is 20.9 Å². The minimum atomic E-state index is -0.744. The van der Waals surface area contributed by atoms with Gasteiger partial charge in [-0.05, 0) is 18.6 Å². The Hall–Kier alpha value is -2.46. The summed E-state index contributed by atoms with van der Waals surface area (Å²) in [6.45, 7) is 3.15. The lowest BCUT2D eigenvalue weighted by Gasteiger charge is -2.28. The number of nitrogens with one attached hydrogen (secondary N) is 1. The number of rotatable bonds is 4. The van der Waals surface area contributed by atoms with Gasteiger partial charge in [0.1, 0.15) is 17.4 Å². The van der Waals surface area contributed by atoms with Crippen LogP contribution in [0.25, 0.3) is 0 Å². The Morgan fingerprint density at radius 1 is 1.36 bits per heavy atom. The van der Waals surface area contributed by atoms with Crippen molar-refractivity contribution < 1.29 is 9.64 Å². The molecule has 2 aromatic rings. The van der Waals surface area contributed by atoms with Crippen LogP contribution in [0.1, 0.15) is 22.7 Å². The molecule has 0 unspecified atom stereocenters. The average molecular weight is 420 g/mol. The average Bonchev–Trinajstić information content (AvgIpc) is 2.62. The molecule has 0 bridgehead atoms. The number of nitrogens with zero attached hydrogens (tertiary/aromatic N) is 2. The summed E-state index contributed by atoms with van der Waals surface area (Å²) >= 11 is 12.6. The molecule has 0 fully saturated rings. The third-order valence-corrected chi connectivity index (χ3v) is 5.65. The number of fused-ring (bicyclic) bond motifs is 1. The first kappa shape index (κ1) is 20.3. The van der Waals surface area contributed by atoms with Crippen LogP contribution in [0, 0.1) is 18.3 Å². The number of ether oxygens (including phenoxy) is 1. The molecule has 1 aromatic heterocycles. The lowest BCUT2D eigenvalue weighted by molar-refractivity contribution is -0.858. The zero-order valence-corrected chi connectivity index (χ0v) is 17.4. The van der Waals surface area contributed by atoms with Gasteiger partial charge in [0, 0.05) is 11.8 Å². The van der Waals surface area contributed by atoms with E-state index in [1.54, 1.807) is 28.8 Å². The zero-order chi connectivity index (χ0) is 20.6. The van der Waals surface area contributed by atoms with Gasteiger partial charge in [0.05, 0.1) is 48.7 Å². The molecule has 28 heavy (non-hydrogen) atoms. The van der Waals surface area contributed by atoms with Gasteiger partial charge in [-0.1, -0.05) is 35.3 Å². The van der Waals surface area contributed by atoms with Crippen molar-refractivity contribution in [2.45, 2.75) is 19.4 Å². The predicted molar refractivity (Wildman–Crippen MR) is 109 cm³/mol. The summed E-state index contributed by atoms with van der Waals surface area (Å²) in [4.78, 5) is 14.6. The van der Waals surface area contributed by atoms with E-state index in [0.717, 1.165) is 12.2 Å². The molecule has 3 N–H and O–H groups in total. The fourth-order valence-electron chi connectivity index (χ4n) is 3.35. The number of aryl methyl sites for hydroxylation is 1. The molecule has 0 amide bonds. The number of aromatic nitrogens is 1. The Bertz CT molecular complexity index is 1070. The highest BCUT2D eigenvalue weighted by Crippen LogP contribution is 2.44. The SMILES string of the molecule is Cc1cc2c(c(=O)n1CC[NH+](C)C)[C@@H](c1cccc(Cl)c1Cl)C(C#N)=C(N)O2. The second-order valence-corrected chi connectivity index (χ2v) is 7.83. The number of allylic oxidation sites excluding steroid dienone is 1. The number of pyridine rings is 1. The molecule has 0 saturated carbocycles. The van der Waals surface area contributed by atoms with Crippen molar-refractivity contribution in [1.29, 1.82) is 5.26 Å². The Morgan fingerprint density at radius 2 is 2.07 bits per heavy atom. The molecule has 8 heteroatoms. The third-order valence-electron chi connectivity index (χ3n) is 4.82. The molecule has 1 atom stereocenters. The highest BCUT2D eigenvalue weighted by atomic mass is 35.5. The minimum absolute atomic E-state index is 0.0367. The second-order valence-electron chi connectivity index (χ2n) is 7.05. The van der Waals surface area contributed by atoms with E-state index >= 15 is 0 Å². The molecule has 2 heterocycles. The number of likely N-dealkylation sites (N-methyl/N-ethyl adjacent to an activating group) is 1. The van der Waals surface area contributed by atoms with Gasteiger partial charge in [-0.3, -0.25) is 4.79 Å². The maximum absolute atomic E-state index is 13.4. The summed E-state index contributed by atoms with van der Waals surface area (Å²) in [5.74, 6) is -0.440. The lowest BCUT2D eigenvalue weighted by Crippen LogP contribution is -3.06. The molecule has 1 aliphatic rings. The molecule has 0 aliphatic carbocycles. The van der Waals surface area contributed by atoms with Crippen molar-refractivity contribution in [1.82, 2.24) is 4.57 Å².